The molecule has 0 radical (unpaired) electrons. The minimum Gasteiger partial charge on any atom is -0.496 e. The van der Waals surface area contributed by atoms with Crippen LogP contribution in [0.3, 0.4) is 0 Å². The van der Waals surface area contributed by atoms with Crippen LogP contribution in [0.2, 0.25) is 5.02 Å². The number of nitrogens with two attached hydrogens (primary N) is 1. The molecule has 0 aliphatic heterocycles. The Kier molecular flexibility index (Phi) is 8.55. The molecule has 0 aliphatic rings. The number of rotatable bonds is 10. The first-order valence-electron chi connectivity index (χ1n) is 9.57. The van der Waals surface area contributed by atoms with E-state index in [9.17, 15) is 22.2 Å². The summed E-state index contributed by atoms with van der Waals surface area (Å²) in [6, 6.07) is 9.34. The van der Waals surface area contributed by atoms with Crippen molar-refractivity contribution in [1.82, 2.24) is 0 Å². The van der Waals surface area contributed by atoms with Crippen molar-refractivity contribution in [2.24, 2.45) is 5.73 Å². The number of alkyl halides is 3. The smallest absolute Gasteiger partial charge is 0.395 e. The van der Waals surface area contributed by atoms with E-state index < -0.39 is 46.0 Å². The third kappa shape index (κ3) is 7.11. The van der Waals surface area contributed by atoms with Gasteiger partial charge in [0.1, 0.15) is 11.8 Å². The largest absolute Gasteiger partial charge is 0.496 e. The molecule has 0 aliphatic carbocycles. The molecule has 0 amide bonds. The Morgan fingerprint density at radius 2 is 1.78 bits per heavy atom. The van der Waals surface area contributed by atoms with Crippen LogP contribution >= 0.6 is 11.6 Å². The van der Waals surface area contributed by atoms with Crippen LogP contribution in [0.1, 0.15) is 24.3 Å². The van der Waals surface area contributed by atoms with Gasteiger partial charge in [0.15, 0.2) is 0 Å². The second-order valence-electron chi connectivity index (χ2n) is 7.30. The van der Waals surface area contributed by atoms with Crippen LogP contribution < -0.4 is 10.5 Å². The van der Waals surface area contributed by atoms with Gasteiger partial charge in [-0.2, -0.15) is 13.2 Å². The van der Waals surface area contributed by atoms with Gasteiger partial charge in [0, 0.05) is 31.8 Å². The zero-order chi connectivity index (χ0) is 24.1. The van der Waals surface area contributed by atoms with Crippen LogP contribution in [-0.2, 0) is 14.5 Å². The molecule has 0 heterocycles. The second kappa shape index (κ2) is 10.5. The van der Waals surface area contributed by atoms with Crippen molar-refractivity contribution in [3.8, 4) is 16.9 Å². The average Bonchev–Trinajstić information content (AvgIpc) is 2.71. The number of benzene rings is 2. The molecule has 0 saturated carbocycles. The second-order valence-corrected chi connectivity index (χ2v) is 10.2. The summed E-state index contributed by atoms with van der Waals surface area (Å²) in [5.41, 5.74) is 6.53. The molecular weight excluding hydrogens is 469 g/mol. The van der Waals surface area contributed by atoms with E-state index in [2.05, 4.69) is 0 Å². The topological polar surface area (TPSA) is 113 Å². The van der Waals surface area contributed by atoms with Gasteiger partial charge in [-0.1, -0.05) is 35.9 Å². The summed E-state index contributed by atoms with van der Waals surface area (Å²) in [4.78, 5) is 10.7. The number of aliphatic carboxylic acids is 1. The minimum atomic E-state index is -4.61. The van der Waals surface area contributed by atoms with E-state index in [1.807, 2.05) is 0 Å². The predicted molar refractivity (Wildman–Crippen MR) is 118 cm³/mol. The Bertz CT molecular complexity index is 1040. The first-order chi connectivity index (χ1) is 14.8. The van der Waals surface area contributed by atoms with Crippen LogP contribution in [0.5, 0.6) is 5.75 Å². The first kappa shape index (κ1) is 26.0. The van der Waals surface area contributed by atoms with Crippen LogP contribution in [0.15, 0.2) is 42.5 Å². The number of ether oxygens (including phenoxy) is 1. The molecule has 6 nitrogen and oxygen atoms in total. The van der Waals surface area contributed by atoms with E-state index in [-0.39, 0.29) is 17.7 Å². The molecule has 0 fully saturated rings. The molecular formula is C21H24ClF3N2O4S. The highest BCUT2D eigenvalue weighted by Crippen LogP contribution is 2.39. The SMILES string of the molecule is COc1ccc(Cl)cc1-c1ccc(C(CCS(=N)(=O)CC[C@H](N)C(=O)O)C(F)(F)F)cc1. The van der Waals surface area contributed by atoms with Crippen molar-refractivity contribution in [3.05, 3.63) is 53.1 Å². The zero-order valence-corrected chi connectivity index (χ0v) is 18.8. The molecule has 2 rings (SSSR count). The first-order valence-corrected chi connectivity index (χ1v) is 11.8. The van der Waals surface area contributed by atoms with E-state index in [0.717, 1.165) is 0 Å². The lowest BCUT2D eigenvalue weighted by molar-refractivity contribution is -0.150. The number of hydrogen-bond donors (Lipinski definition) is 3. The van der Waals surface area contributed by atoms with Gasteiger partial charge in [0.25, 0.3) is 0 Å². The average molecular weight is 493 g/mol. The van der Waals surface area contributed by atoms with Gasteiger partial charge in [0.05, 0.1) is 13.0 Å². The summed E-state index contributed by atoms with van der Waals surface area (Å²) in [5, 5.41) is 9.21. The van der Waals surface area contributed by atoms with E-state index >= 15 is 0 Å². The molecule has 2 aromatic rings. The van der Waals surface area contributed by atoms with E-state index in [4.69, 9.17) is 32.0 Å². The van der Waals surface area contributed by atoms with Crippen molar-refractivity contribution < 1.29 is 32.0 Å². The number of halogens is 4. The molecule has 4 N–H and O–H groups in total. The molecule has 2 aromatic carbocycles. The van der Waals surface area contributed by atoms with Crippen LogP contribution in [0.25, 0.3) is 11.1 Å². The van der Waals surface area contributed by atoms with Gasteiger partial charge in [-0.15, -0.1) is 0 Å². The molecule has 32 heavy (non-hydrogen) atoms. The molecule has 0 saturated heterocycles. The Morgan fingerprint density at radius 3 is 2.31 bits per heavy atom. The van der Waals surface area contributed by atoms with Crippen LogP contribution in [0, 0.1) is 4.78 Å². The van der Waals surface area contributed by atoms with Gasteiger partial charge in [0.2, 0.25) is 0 Å². The summed E-state index contributed by atoms with van der Waals surface area (Å²) in [6.07, 6.45) is -5.42. The quantitative estimate of drug-likeness (QED) is 0.436. The third-order valence-corrected chi connectivity index (χ3v) is 7.02. The maximum absolute atomic E-state index is 13.7. The van der Waals surface area contributed by atoms with E-state index in [1.165, 1.54) is 31.4 Å². The van der Waals surface area contributed by atoms with Crippen molar-refractivity contribution in [1.29, 1.82) is 4.78 Å². The standard InChI is InChI=1S/C21H24ClF3N2O4S/c1-31-19-7-6-15(22)12-16(19)13-2-4-14(5-3-13)17(21(23,24)25)8-10-32(27,30)11-9-18(26)20(28)29/h2-7,12,17-18,27H,8-11,26H2,1H3,(H,28,29)/t17?,18-,32?/m0/s1. The molecule has 0 aromatic heterocycles. The lowest BCUT2D eigenvalue weighted by atomic mass is 9.93. The van der Waals surface area contributed by atoms with Crippen molar-refractivity contribution >= 4 is 27.3 Å². The van der Waals surface area contributed by atoms with Crippen molar-refractivity contribution in [2.75, 3.05) is 18.6 Å². The highest BCUT2D eigenvalue weighted by Gasteiger charge is 2.40. The molecule has 0 spiro atoms. The van der Waals surface area contributed by atoms with Crippen LogP contribution in [-0.4, -0.2) is 46.1 Å². The Labute approximate surface area is 189 Å². The molecule has 0 bridgehead atoms. The maximum Gasteiger partial charge on any atom is 0.395 e. The summed E-state index contributed by atoms with van der Waals surface area (Å²) >= 11 is 6.02. The van der Waals surface area contributed by atoms with E-state index in [1.54, 1.807) is 18.2 Å². The molecule has 3 atom stereocenters. The van der Waals surface area contributed by atoms with Gasteiger partial charge in [-0.3, -0.25) is 9.57 Å². The van der Waals surface area contributed by atoms with Gasteiger partial charge in [-0.05, 0) is 42.2 Å². The third-order valence-electron chi connectivity index (χ3n) is 4.99. The molecule has 11 heteroatoms. The Morgan fingerprint density at radius 1 is 1.19 bits per heavy atom. The number of methoxy groups -OCH3 is 1. The molecule has 2 unspecified atom stereocenters. The summed E-state index contributed by atoms with van der Waals surface area (Å²) in [5.74, 6) is -3.61. The lowest BCUT2D eigenvalue weighted by Gasteiger charge is -2.22. The van der Waals surface area contributed by atoms with Gasteiger partial charge in [-0.25, -0.2) is 4.21 Å². The van der Waals surface area contributed by atoms with E-state index in [0.29, 0.717) is 21.9 Å². The lowest BCUT2D eigenvalue weighted by Crippen LogP contribution is -2.32. The Hall–Kier alpha value is -2.30. The normalized spacial score (nSPS) is 15.6. The maximum atomic E-state index is 13.7. The fourth-order valence-corrected chi connectivity index (χ4v) is 4.80. The summed E-state index contributed by atoms with van der Waals surface area (Å²) in [6.45, 7) is 0. The summed E-state index contributed by atoms with van der Waals surface area (Å²) in [7, 11) is -1.94. The summed E-state index contributed by atoms with van der Waals surface area (Å²) < 4.78 is 66.6. The fourth-order valence-electron chi connectivity index (χ4n) is 3.17. The van der Waals surface area contributed by atoms with Crippen molar-refractivity contribution in [3.63, 3.8) is 0 Å². The predicted octanol–water partition coefficient (Wildman–Crippen LogP) is 4.90. The van der Waals surface area contributed by atoms with Gasteiger partial charge >= 0.3 is 12.1 Å². The molecule has 176 valence electrons. The van der Waals surface area contributed by atoms with Gasteiger partial charge < -0.3 is 15.6 Å². The minimum absolute atomic E-state index is 0.0281. The number of carboxylic acid groups (broad SMARTS) is 1. The number of carbonyl (C=O) groups is 1. The highest BCUT2D eigenvalue weighted by atomic mass is 35.5. The highest BCUT2D eigenvalue weighted by molar-refractivity contribution is 7.92. The zero-order valence-electron chi connectivity index (χ0n) is 17.2. The van der Waals surface area contributed by atoms with Crippen LogP contribution in [0.4, 0.5) is 13.2 Å². The van der Waals surface area contributed by atoms with Crippen molar-refractivity contribution in [2.45, 2.75) is 31.0 Å². The monoisotopic (exact) mass is 492 g/mol. The fraction of sp³-hybridized carbons (Fsp3) is 0.381. The Balaban J connectivity index is 2.20. The number of carboxylic acids is 1. The number of nitrogens with one attached hydrogen (secondary N) is 1. The number of hydrogen-bond acceptors (Lipinski definition) is 5.